The highest BCUT2D eigenvalue weighted by atomic mass is 16.5. The highest BCUT2D eigenvalue weighted by molar-refractivity contribution is 5.72. The second-order valence-electron chi connectivity index (χ2n) is 11.6. The normalized spacial score (nSPS) is 16.5. The molecule has 0 aromatic heterocycles. The zero-order valence-electron chi connectivity index (χ0n) is 23.2. The van der Waals surface area contributed by atoms with Gasteiger partial charge in [-0.2, -0.15) is 0 Å². The van der Waals surface area contributed by atoms with Crippen molar-refractivity contribution >= 4 is 0 Å². The number of rotatable bonds is 7. The Bertz CT molecular complexity index is 1250. The van der Waals surface area contributed by atoms with Gasteiger partial charge in [0.05, 0.1) is 0 Å². The van der Waals surface area contributed by atoms with Crippen LogP contribution in [0.2, 0.25) is 0 Å². The lowest BCUT2D eigenvalue weighted by molar-refractivity contribution is 0.139. The van der Waals surface area contributed by atoms with E-state index in [9.17, 15) is 0 Å². The van der Waals surface area contributed by atoms with Crippen LogP contribution in [0.3, 0.4) is 0 Å². The standard InChI is InChI=1S/C35H42O/c1-24-8-12-28(13-9-24)15-16-29-14-10-25(2)33(22-29)34-23-30(17-11-26(34)3)27(4)36-32-20-18-31(19-21-32)35(5,6)7/h8-14,17-18,20-23,27,31H,15-16,19H2,1-7H3. The molecular weight excluding hydrogens is 436 g/mol. The summed E-state index contributed by atoms with van der Waals surface area (Å²) in [6, 6.07) is 22.6. The summed E-state index contributed by atoms with van der Waals surface area (Å²) in [5.41, 5.74) is 10.8. The summed E-state index contributed by atoms with van der Waals surface area (Å²) in [6.45, 7) is 15.6. The molecule has 0 amide bonds. The average Bonchev–Trinajstić information content (AvgIpc) is 2.84. The molecule has 0 saturated heterocycles. The maximum atomic E-state index is 6.39. The summed E-state index contributed by atoms with van der Waals surface area (Å²) < 4.78 is 6.39. The lowest BCUT2D eigenvalue weighted by Gasteiger charge is -2.30. The second kappa shape index (κ2) is 10.9. The molecule has 0 fully saturated rings. The molecule has 0 saturated carbocycles. The zero-order valence-corrected chi connectivity index (χ0v) is 23.2. The molecule has 188 valence electrons. The van der Waals surface area contributed by atoms with Gasteiger partial charge >= 0.3 is 0 Å². The van der Waals surface area contributed by atoms with Crippen LogP contribution in [-0.2, 0) is 17.6 Å². The molecular formula is C35H42O. The highest BCUT2D eigenvalue weighted by Gasteiger charge is 2.24. The molecule has 0 aliphatic heterocycles. The smallest absolute Gasteiger partial charge is 0.121 e. The molecule has 0 spiro atoms. The number of ether oxygens (including phenoxy) is 1. The lowest BCUT2D eigenvalue weighted by Crippen LogP contribution is -2.19. The Balaban J connectivity index is 1.50. The SMILES string of the molecule is Cc1ccc(CCc2ccc(C)c(-c3cc(C(C)OC4=CCC(C(C)(C)C)C=C4)ccc3C)c2)cc1. The Morgan fingerprint density at radius 3 is 2.06 bits per heavy atom. The van der Waals surface area contributed by atoms with Gasteiger partial charge in [0.15, 0.2) is 0 Å². The molecule has 0 radical (unpaired) electrons. The van der Waals surface area contributed by atoms with Gasteiger partial charge in [-0.3, -0.25) is 0 Å². The largest absolute Gasteiger partial charge is 0.486 e. The van der Waals surface area contributed by atoms with E-state index in [0.29, 0.717) is 5.92 Å². The average molecular weight is 479 g/mol. The minimum Gasteiger partial charge on any atom is -0.486 e. The number of benzene rings is 3. The van der Waals surface area contributed by atoms with Crippen molar-refractivity contribution < 1.29 is 4.74 Å². The molecule has 0 N–H and O–H groups in total. The van der Waals surface area contributed by atoms with Crippen LogP contribution in [0.25, 0.3) is 11.1 Å². The topological polar surface area (TPSA) is 9.23 Å². The third-order valence-corrected chi connectivity index (χ3v) is 7.64. The third kappa shape index (κ3) is 6.38. The third-order valence-electron chi connectivity index (χ3n) is 7.64. The fourth-order valence-corrected chi connectivity index (χ4v) is 4.94. The Labute approximate surface area is 218 Å². The van der Waals surface area contributed by atoms with Crippen molar-refractivity contribution in [3.8, 4) is 11.1 Å². The van der Waals surface area contributed by atoms with Crippen LogP contribution in [-0.4, -0.2) is 0 Å². The van der Waals surface area contributed by atoms with Crippen molar-refractivity contribution in [2.24, 2.45) is 11.3 Å². The van der Waals surface area contributed by atoms with E-state index in [0.717, 1.165) is 25.0 Å². The Kier molecular flexibility index (Phi) is 7.88. The molecule has 1 heteroatoms. The van der Waals surface area contributed by atoms with Gasteiger partial charge < -0.3 is 4.74 Å². The molecule has 36 heavy (non-hydrogen) atoms. The molecule has 2 unspecified atom stereocenters. The monoisotopic (exact) mass is 478 g/mol. The minimum absolute atomic E-state index is 0.00328. The maximum absolute atomic E-state index is 6.39. The van der Waals surface area contributed by atoms with Gasteiger partial charge in [-0.05, 0) is 115 Å². The van der Waals surface area contributed by atoms with E-state index in [1.54, 1.807) is 0 Å². The first-order chi connectivity index (χ1) is 17.1. The van der Waals surface area contributed by atoms with Gasteiger partial charge in [0.2, 0.25) is 0 Å². The molecule has 1 aliphatic carbocycles. The van der Waals surface area contributed by atoms with Crippen molar-refractivity contribution in [2.75, 3.05) is 0 Å². The summed E-state index contributed by atoms with van der Waals surface area (Å²) in [6.07, 6.45) is 9.87. The first kappa shape index (κ1) is 26.0. The van der Waals surface area contributed by atoms with E-state index in [1.165, 1.54) is 44.5 Å². The van der Waals surface area contributed by atoms with Crippen molar-refractivity contribution in [1.82, 2.24) is 0 Å². The van der Waals surface area contributed by atoms with Gasteiger partial charge in [-0.15, -0.1) is 0 Å². The molecule has 1 aliphatic rings. The van der Waals surface area contributed by atoms with E-state index in [4.69, 9.17) is 4.74 Å². The first-order valence-electron chi connectivity index (χ1n) is 13.4. The zero-order chi connectivity index (χ0) is 25.9. The van der Waals surface area contributed by atoms with E-state index in [1.807, 2.05) is 0 Å². The fraction of sp³-hybridized carbons (Fsp3) is 0.371. The summed E-state index contributed by atoms with van der Waals surface area (Å²) in [5, 5.41) is 0. The lowest BCUT2D eigenvalue weighted by atomic mass is 9.77. The van der Waals surface area contributed by atoms with Crippen molar-refractivity contribution in [3.05, 3.63) is 118 Å². The van der Waals surface area contributed by atoms with E-state index < -0.39 is 0 Å². The van der Waals surface area contributed by atoms with Crippen molar-refractivity contribution in [2.45, 2.75) is 73.8 Å². The van der Waals surface area contributed by atoms with E-state index >= 15 is 0 Å². The van der Waals surface area contributed by atoms with Gasteiger partial charge in [-0.25, -0.2) is 0 Å². The Morgan fingerprint density at radius 2 is 1.42 bits per heavy atom. The Hall–Kier alpha value is -3.06. The number of allylic oxidation sites excluding steroid dienone is 3. The predicted octanol–water partition coefficient (Wildman–Crippen LogP) is 9.65. The molecule has 3 aromatic carbocycles. The summed E-state index contributed by atoms with van der Waals surface area (Å²) in [4.78, 5) is 0. The fourth-order valence-electron chi connectivity index (χ4n) is 4.94. The summed E-state index contributed by atoms with van der Waals surface area (Å²) in [5.74, 6) is 1.55. The van der Waals surface area contributed by atoms with E-state index in [2.05, 4.69) is 127 Å². The van der Waals surface area contributed by atoms with Crippen LogP contribution < -0.4 is 0 Å². The molecule has 4 rings (SSSR count). The second-order valence-corrected chi connectivity index (χ2v) is 11.6. The molecule has 0 bridgehead atoms. The van der Waals surface area contributed by atoms with E-state index in [-0.39, 0.29) is 11.5 Å². The molecule has 3 aromatic rings. The van der Waals surface area contributed by atoms with Crippen LogP contribution in [0.15, 0.2) is 84.7 Å². The van der Waals surface area contributed by atoms with Gasteiger partial charge in [0.25, 0.3) is 0 Å². The van der Waals surface area contributed by atoms with Crippen molar-refractivity contribution in [1.29, 1.82) is 0 Å². The first-order valence-corrected chi connectivity index (χ1v) is 13.4. The van der Waals surface area contributed by atoms with Gasteiger partial charge in [0, 0.05) is 0 Å². The van der Waals surface area contributed by atoms with Crippen molar-refractivity contribution in [3.63, 3.8) is 0 Å². The Morgan fingerprint density at radius 1 is 0.806 bits per heavy atom. The van der Waals surface area contributed by atoms with Crippen LogP contribution in [0.5, 0.6) is 0 Å². The predicted molar refractivity (Wildman–Crippen MR) is 154 cm³/mol. The summed E-state index contributed by atoms with van der Waals surface area (Å²) in [7, 11) is 0. The van der Waals surface area contributed by atoms with Crippen LogP contribution in [0, 0.1) is 32.1 Å². The molecule has 0 heterocycles. The quantitative estimate of drug-likeness (QED) is 0.328. The highest BCUT2D eigenvalue weighted by Crippen LogP contribution is 2.35. The van der Waals surface area contributed by atoms with Gasteiger partial charge in [-0.1, -0.05) is 87.0 Å². The van der Waals surface area contributed by atoms with Gasteiger partial charge in [0.1, 0.15) is 11.9 Å². The maximum Gasteiger partial charge on any atom is 0.121 e. The molecule has 1 nitrogen and oxygen atoms in total. The van der Waals surface area contributed by atoms with Crippen LogP contribution in [0.1, 0.15) is 73.6 Å². The minimum atomic E-state index is -0.00328. The summed E-state index contributed by atoms with van der Waals surface area (Å²) >= 11 is 0. The number of hydrogen-bond donors (Lipinski definition) is 0. The number of aryl methyl sites for hydroxylation is 5. The number of hydrogen-bond acceptors (Lipinski definition) is 1. The van der Waals surface area contributed by atoms with Crippen LogP contribution in [0.4, 0.5) is 0 Å². The van der Waals surface area contributed by atoms with Crippen LogP contribution >= 0.6 is 0 Å². The molecule has 2 atom stereocenters.